The van der Waals surface area contributed by atoms with E-state index in [9.17, 15) is 8.78 Å². The first-order chi connectivity index (χ1) is 5.97. The summed E-state index contributed by atoms with van der Waals surface area (Å²) in [6.45, 7) is 1.94. The summed E-state index contributed by atoms with van der Waals surface area (Å²) in [6, 6.07) is 4.00. The molecular formula is C10H11F2N. The number of rotatable bonds is 2. The van der Waals surface area contributed by atoms with Crippen LogP contribution >= 0.6 is 0 Å². The molecule has 0 spiro atoms. The van der Waals surface area contributed by atoms with Gasteiger partial charge in [-0.15, -0.1) is 0 Å². The number of halogens is 2. The highest BCUT2D eigenvalue weighted by Gasteiger charge is 2.15. The zero-order valence-electron chi connectivity index (χ0n) is 7.30. The van der Waals surface area contributed by atoms with Gasteiger partial charge in [0.2, 0.25) is 0 Å². The molecule has 0 aliphatic rings. The lowest BCUT2D eigenvalue weighted by Crippen LogP contribution is -2.24. The van der Waals surface area contributed by atoms with Gasteiger partial charge in [-0.1, -0.05) is 35.9 Å². The van der Waals surface area contributed by atoms with E-state index in [2.05, 4.69) is 5.73 Å². The van der Waals surface area contributed by atoms with Crippen molar-refractivity contribution in [1.82, 2.24) is 0 Å². The third-order valence-electron chi connectivity index (χ3n) is 1.58. The number of aryl methyl sites for hydroxylation is 1. The molecule has 0 aliphatic heterocycles. The smallest absolute Gasteiger partial charge is 0.268 e. The zero-order valence-corrected chi connectivity index (χ0v) is 7.30. The van der Waals surface area contributed by atoms with Crippen LogP contribution in [0.1, 0.15) is 11.1 Å². The van der Waals surface area contributed by atoms with Gasteiger partial charge in [0.1, 0.15) is 0 Å². The molecule has 0 aliphatic carbocycles. The van der Waals surface area contributed by atoms with Crippen molar-refractivity contribution in [1.29, 1.82) is 0 Å². The van der Waals surface area contributed by atoms with Crippen LogP contribution < -0.4 is 5.73 Å². The van der Waals surface area contributed by atoms with Crippen molar-refractivity contribution in [3.05, 3.63) is 41.5 Å². The van der Waals surface area contributed by atoms with Gasteiger partial charge < -0.3 is 0 Å². The Morgan fingerprint density at radius 3 is 2.23 bits per heavy atom. The third-order valence-corrected chi connectivity index (χ3v) is 1.58. The molecule has 0 fully saturated rings. The van der Waals surface area contributed by atoms with E-state index in [4.69, 9.17) is 0 Å². The van der Waals surface area contributed by atoms with Gasteiger partial charge in [0, 0.05) is 6.08 Å². The van der Waals surface area contributed by atoms with E-state index in [0.717, 1.165) is 11.1 Å². The van der Waals surface area contributed by atoms with Crippen molar-refractivity contribution in [2.75, 3.05) is 0 Å². The van der Waals surface area contributed by atoms with Crippen molar-refractivity contribution in [3.8, 4) is 0 Å². The van der Waals surface area contributed by atoms with Gasteiger partial charge in [-0.3, -0.25) is 5.73 Å². The minimum Gasteiger partial charge on any atom is -0.268 e. The highest BCUT2D eigenvalue weighted by Crippen LogP contribution is 2.10. The van der Waals surface area contributed by atoms with Crippen LogP contribution in [0.5, 0.6) is 0 Å². The Morgan fingerprint density at radius 1 is 1.23 bits per heavy atom. The number of hydrogen-bond acceptors (Lipinski definition) is 1. The zero-order chi connectivity index (χ0) is 9.90. The fourth-order valence-corrected chi connectivity index (χ4v) is 0.885. The maximum absolute atomic E-state index is 12.2. The molecule has 2 N–H and O–H groups in total. The van der Waals surface area contributed by atoms with E-state index in [1.165, 1.54) is 6.08 Å². The van der Waals surface area contributed by atoms with Gasteiger partial charge in [0.05, 0.1) is 0 Å². The van der Waals surface area contributed by atoms with Crippen LogP contribution in [0.15, 0.2) is 30.3 Å². The summed E-state index contributed by atoms with van der Waals surface area (Å²) in [6.07, 6.45) is 1.98. The molecule has 0 amide bonds. The first-order valence-electron chi connectivity index (χ1n) is 3.90. The first kappa shape index (κ1) is 9.86. The molecule has 0 unspecified atom stereocenters. The van der Waals surface area contributed by atoms with Gasteiger partial charge >= 0.3 is 6.05 Å². The van der Waals surface area contributed by atoms with Crippen LogP contribution in [0.25, 0.3) is 6.08 Å². The van der Waals surface area contributed by atoms with Gasteiger partial charge in [-0.2, -0.15) is 8.78 Å². The van der Waals surface area contributed by atoms with Crippen molar-refractivity contribution < 1.29 is 8.78 Å². The number of benzene rings is 1. The predicted molar refractivity (Wildman–Crippen MR) is 49.3 cm³/mol. The van der Waals surface area contributed by atoms with Gasteiger partial charge in [0.15, 0.2) is 0 Å². The first-order valence-corrected chi connectivity index (χ1v) is 3.90. The minimum absolute atomic E-state index is 0.678. The Kier molecular flexibility index (Phi) is 2.78. The molecule has 1 rings (SSSR count). The van der Waals surface area contributed by atoms with Crippen molar-refractivity contribution in [3.63, 3.8) is 0 Å². The average Bonchev–Trinajstić information content (AvgIpc) is 2.02. The molecule has 0 radical (unpaired) electrons. The number of hydrogen-bond donors (Lipinski definition) is 1. The van der Waals surface area contributed by atoms with E-state index < -0.39 is 6.05 Å². The quantitative estimate of drug-likeness (QED) is 0.700. The Balaban J connectivity index is 2.75. The molecule has 1 aromatic rings. The monoisotopic (exact) mass is 183 g/mol. The van der Waals surface area contributed by atoms with E-state index in [1.807, 2.05) is 19.1 Å². The van der Waals surface area contributed by atoms with Crippen LogP contribution in [0, 0.1) is 6.92 Å². The molecule has 0 bridgehead atoms. The van der Waals surface area contributed by atoms with Gasteiger partial charge in [-0.05, 0) is 12.5 Å². The molecule has 1 nitrogen and oxygen atoms in total. The molecular weight excluding hydrogens is 172 g/mol. The van der Waals surface area contributed by atoms with Gasteiger partial charge in [0.25, 0.3) is 0 Å². The highest BCUT2D eigenvalue weighted by molar-refractivity contribution is 5.50. The van der Waals surface area contributed by atoms with E-state index in [0.29, 0.717) is 6.08 Å². The largest absolute Gasteiger partial charge is 0.320 e. The summed E-state index contributed by atoms with van der Waals surface area (Å²) < 4.78 is 24.4. The van der Waals surface area contributed by atoms with E-state index in [-0.39, 0.29) is 0 Å². The summed E-state index contributed by atoms with van der Waals surface area (Å²) in [5, 5.41) is 0. The molecule has 13 heavy (non-hydrogen) atoms. The van der Waals surface area contributed by atoms with Crippen molar-refractivity contribution in [2.45, 2.75) is 13.0 Å². The lowest BCUT2D eigenvalue weighted by molar-refractivity contribution is 0.0640. The molecule has 0 saturated heterocycles. The molecule has 0 atom stereocenters. The lowest BCUT2D eigenvalue weighted by Gasteiger charge is -2.01. The normalized spacial score (nSPS) is 12.3. The molecule has 70 valence electrons. The second-order valence-electron chi connectivity index (χ2n) is 2.92. The second-order valence-corrected chi connectivity index (χ2v) is 2.92. The standard InChI is InChI=1S/C10H11F2N/c1-8-2-4-9(5-3-8)6-7-10(11,12)13/h2-7H,13H2,1H3/b7-6-. The third kappa shape index (κ3) is 3.80. The molecule has 0 heterocycles. The number of alkyl halides is 2. The Labute approximate surface area is 75.9 Å². The molecule has 3 heteroatoms. The van der Waals surface area contributed by atoms with E-state index >= 15 is 0 Å². The fraction of sp³-hybridized carbons (Fsp3) is 0.200. The molecule has 1 aromatic carbocycles. The maximum atomic E-state index is 12.2. The second kappa shape index (κ2) is 3.66. The van der Waals surface area contributed by atoms with E-state index in [1.54, 1.807) is 12.1 Å². The Hall–Kier alpha value is -1.22. The van der Waals surface area contributed by atoms with Crippen LogP contribution in [-0.4, -0.2) is 6.05 Å². The fourth-order valence-electron chi connectivity index (χ4n) is 0.885. The van der Waals surface area contributed by atoms with Crippen LogP contribution in [-0.2, 0) is 0 Å². The van der Waals surface area contributed by atoms with Crippen LogP contribution in [0.3, 0.4) is 0 Å². The van der Waals surface area contributed by atoms with Crippen LogP contribution in [0.4, 0.5) is 8.78 Å². The summed E-state index contributed by atoms with van der Waals surface area (Å²) in [5.41, 5.74) is 6.31. The topological polar surface area (TPSA) is 26.0 Å². The van der Waals surface area contributed by atoms with Crippen molar-refractivity contribution >= 4 is 6.08 Å². The van der Waals surface area contributed by atoms with Gasteiger partial charge in [-0.25, -0.2) is 0 Å². The summed E-state index contributed by atoms with van der Waals surface area (Å²) in [5.74, 6) is 0. The summed E-state index contributed by atoms with van der Waals surface area (Å²) in [4.78, 5) is 0. The molecule has 0 aromatic heterocycles. The SMILES string of the molecule is Cc1ccc(/C=C\C(N)(F)F)cc1. The molecule has 0 saturated carbocycles. The van der Waals surface area contributed by atoms with Crippen LogP contribution in [0.2, 0.25) is 0 Å². The average molecular weight is 183 g/mol. The predicted octanol–water partition coefficient (Wildman–Crippen LogP) is 2.56. The summed E-state index contributed by atoms with van der Waals surface area (Å²) in [7, 11) is 0. The number of nitrogens with two attached hydrogens (primary N) is 1. The lowest BCUT2D eigenvalue weighted by atomic mass is 10.1. The highest BCUT2D eigenvalue weighted by atomic mass is 19.3. The maximum Gasteiger partial charge on any atom is 0.320 e. The summed E-state index contributed by atoms with van der Waals surface area (Å²) >= 11 is 0. The Bertz CT molecular complexity index is 296. The minimum atomic E-state index is -3.23. The Morgan fingerprint density at radius 2 is 1.77 bits per heavy atom. The van der Waals surface area contributed by atoms with Crippen molar-refractivity contribution in [2.24, 2.45) is 5.73 Å².